The normalized spacial score (nSPS) is 22.1. The molecule has 2 rings (SSSR count). The smallest absolute Gasteiger partial charge is 0.273 e. The first-order valence-electron chi connectivity index (χ1n) is 6.67. The molecule has 1 aliphatic rings. The molecular formula is C14H17BrN2O4. The number of nitro groups is 1. The number of morpholine rings is 1. The fourth-order valence-corrected chi connectivity index (χ4v) is 2.69. The van der Waals surface area contributed by atoms with Crippen LogP contribution in [-0.2, 0) is 4.74 Å². The van der Waals surface area contributed by atoms with Gasteiger partial charge in [-0.15, -0.1) is 0 Å². The van der Waals surface area contributed by atoms with Crippen LogP contribution >= 0.6 is 15.9 Å². The molecule has 1 saturated heterocycles. The molecule has 1 aromatic rings. The zero-order valence-corrected chi connectivity index (χ0v) is 13.5. The lowest BCUT2D eigenvalue weighted by Gasteiger charge is -2.37. The van der Waals surface area contributed by atoms with Crippen LogP contribution in [0, 0.1) is 17.0 Å². The van der Waals surface area contributed by atoms with Crippen molar-refractivity contribution in [2.24, 2.45) is 0 Å². The van der Waals surface area contributed by atoms with Crippen molar-refractivity contribution in [1.82, 2.24) is 4.90 Å². The fraction of sp³-hybridized carbons (Fsp3) is 0.500. The van der Waals surface area contributed by atoms with Crippen molar-refractivity contribution in [3.8, 4) is 0 Å². The van der Waals surface area contributed by atoms with E-state index in [1.807, 2.05) is 6.92 Å². The number of hydrogen-bond donors (Lipinski definition) is 0. The summed E-state index contributed by atoms with van der Waals surface area (Å²) in [6.07, 6.45) is -0.0504. The average Bonchev–Trinajstić information content (AvgIpc) is 2.47. The van der Waals surface area contributed by atoms with Crippen molar-refractivity contribution in [3.05, 3.63) is 39.4 Å². The molecule has 1 aromatic carbocycles. The Morgan fingerprint density at radius 2 is 2.29 bits per heavy atom. The number of benzene rings is 1. The molecule has 1 fully saturated rings. The Balaban J connectivity index is 2.26. The second kappa shape index (κ2) is 6.53. The third-order valence-electron chi connectivity index (χ3n) is 3.59. The summed E-state index contributed by atoms with van der Waals surface area (Å²) >= 11 is 3.35. The van der Waals surface area contributed by atoms with Gasteiger partial charge in [-0.25, -0.2) is 0 Å². The molecule has 21 heavy (non-hydrogen) atoms. The predicted molar refractivity (Wildman–Crippen MR) is 81.9 cm³/mol. The number of nitro benzene ring substituents is 1. The number of halogens is 1. The molecule has 0 radical (unpaired) electrons. The number of carbonyl (C=O) groups excluding carboxylic acids is 1. The second-order valence-electron chi connectivity index (χ2n) is 5.17. The van der Waals surface area contributed by atoms with Gasteiger partial charge in [-0.05, 0) is 19.9 Å². The number of rotatable bonds is 3. The van der Waals surface area contributed by atoms with Crippen molar-refractivity contribution in [2.45, 2.75) is 26.0 Å². The van der Waals surface area contributed by atoms with Gasteiger partial charge in [-0.3, -0.25) is 14.9 Å². The Kier molecular flexibility index (Phi) is 4.95. The maximum atomic E-state index is 12.6. The van der Waals surface area contributed by atoms with Crippen LogP contribution in [0.25, 0.3) is 0 Å². The Bertz CT molecular complexity index is 564. The topological polar surface area (TPSA) is 72.7 Å². The number of nitrogens with zero attached hydrogens (tertiary/aromatic N) is 2. The average molecular weight is 357 g/mol. The fourth-order valence-electron chi connectivity index (χ4n) is 2.30. The van der Waals surface area contributed by atoms with Crippen molar-refractivity contribution < 1.29 is 14.5 Å². The minimum Gasteiger partial charge on any atom is -0.373 e. The predicted octanol–water partition coefficient (Wildman–Crippen LogP) is 2.53. The minimum absolute atomic E-state index is 0.0289. The van der Waals surface area contributed by atoms with Gasteiger partial charge < -0.3 is 9.64 Å². The van der Waals surface area contributed by atoms with E-state index in [-0.39, 0.29) is 23.7 Å². The monoisotopic (exact) mass is 356 g/mol. The molecule has 0 saturated carbocycles. The van der Waals surface area contributed by atoms with Gasteiger partial charge in [0.2, 0.25) is 0 Å². The van der Waals surface area contributed by atoms with E-state index in [0.717, 1.165) is 0 Å². The Hall–Kier alpha value is -1.47. The van der Waals surface area contributed by atoms with E-state index >= 15 is 0 Å². The summed E-state index contributed by atoms with van der Waals surface area (Å²) in [6, 6.07) is 4.55. The number of ether oxygens (including phenoxy) is 1. The van der Waals surface area contributed by atoms with E-state index in [0.29, 0.717) is 29.6 Å². The lowest BCUT2D eigenvalue weighted by Crippen LogP contribution is -2.51. The van der Waals surface area contributed by atoms with Crippen LogP contribution in [0.15, 0.2) is 18.2 Å². The van der Waals surface area contributed by atoms with E-state index in [4.69, 9.17) is 4.74 Å². The molecule has 0 bridgehead atoms. The van der Waals surface area contributed by atoms with Crippen LogP contribution < -0.4 is 0 Å². The quantitative estimate of drug-likeness (QED) is 0.473. The van der Waals surface area contributed by atoms with Gasteiger partial charge in [0, 0.05) is 29.1 Å². The van der Waals surface area contributed by atoms with Gasteiger partial charge in [0.25, 0.3) is 11.6 Å². The molecule has 0 aromatic heterocycles. The van der Waals surface area contributed by atoms with Gasteiger partial charge in [0.05, 0.1) is 23.7 Å². The maximum absolute atomic E-state index is 12.6. The molecule has 2 atom stereocenters. The molecule has 1 heterocycles. The van der Waals surface area contributed by atoms with Crippen LogP contribution in [0.4, 0.5) is 5.69 Å². The van der Waals surface area contributed by atoms with Gasteiger partial charge in [0.1, 0.15) is 0 Å². The number of alkyl halides is 1. The Morgan fingerprint density at radius 1 is 1.57 bits per heavy atom. The maximum Gasteiger partial charge on any atom is 0.273 e. The van der Waals surface area contributed by atoms with Crippen LogP contribution in [-0.4, -0.2) is 46.4 Å². The van der Waals surface area contributed by atoms with Crippen LogP contribution in [0.2, 0.25) is 0 Å². The van der Waals surface area contributed by atoms with Gasteiger partial charge >= 0.3 is 0 Å². The molecule has 7 heteroatoms. The first-order valence-corrected chi connectivity index (χ1v) is 7.79. The number of carbonyl (C=O) groups is 1. The minimum atomic E-state index is -0.462. The molecule has 2 unspecified atom stereocenters. The Morgan fingerprint density at radius 3 is 2.90 bits per heavy atom. The second-order valence-corrected chi connectivity index (χ2v) is 5.82. The lowest BCUT2D eigenvalue weighted by atomic mass is 10.1. The first-order chi connectivity index (χ1) is 9.93. The first kappa shape index (κ1) is 15.9. The van der Waals surface area contributed by atoms with E-state index in [9.17, 15) is 14.9 Å². The van der Waals surface area contributed by atoms with E-state index in [1.165, 1.54) is 6.07 Å². The third-order valence-corrected chi connectivity index (χ3v) is 4.31. The summed E-state index contributed by atoms with van der Waals surface area (Å²) in [6.45, 7) is 4.51. The highest BCUT2D eigenvalue weighted by Gasteiger charge is 2.30. The highest BCUT2D eigenvalue weighted by molar-refractivity contribution is 9.09. The summed E-state index contributed by atoms with van der Waals surface area (Å²) < 4.78 is 5.59. The summed E-state index contributed by atoms with van der Waals surface area (Å²) in [5.41, 5.74) is 0.859. The molecule has 0 N–H and O–H groups in total. The van der Waals surface area contributed by atoms with Gasteiger partial charge in [0.15, 0.2) is 0 Å². The molecule has 0 spiro atoms. The SMILES string of the molecule is Cc1ccc(C(=O)N2CC(CBr)OCC2C)cc1[N+](=O)[O-]. The summed E-state index contributed by atoms with van der Waals surface area (Å²) in [5.74, 6) is -0.195. The van der Waals surface area contributed by atoms with Crippen molar-refractivity contribution in [1.29, 1.82) is 0 Å². The van der Waals surface area contributed by atoms with Crippen LogP contribution in [0.1, 0.15) is 22.8 Å². The van der Waals surface area contributed by atoms with Gasteiger partial charge in [-0.1, -0.05) is 22.0 Å². The summed E-state index contributed by atoms with van der Waals surface area (Å²) in [7, 11) is 0. The van der Waals surface area contributed by atoms with Crippen molar-refractivity contribution in [2.75, 3.05) is 18.5 Å². The van der Waals surface area contributed by atoms with Crippen LogP contribution in [0.3, 0.4) is 0 Å². The van der Waals surface area contributed by atoms with E-state index < -0.39 is 4.92 Å². The largest absolute Gasteiger partial charge is 0.373 e. The number of aryl methyl sites for hydroxylation is 1. The highest BCUT2D eigenvalue weighted by atomic mass is 79.9. The van der Waals surface area contributed by atoms with Gasteiger partial charge in [-0.2, -0.15) is 0 Å². The van der Waals surface area contributed by atoms with E-state index in [2.05, 4.69) is 15.9 Å². The summed E-state index contributed by atoms with van der Waals surface area (Å²) in [5, 5.41) is 11.6. The molecule has 6 nitrogen and oxygen atoms in total. The zero-order chi connectivity index (χ0) is 15.6. The van der Waals surface area contributed by atoms with E-state index in [1.54, 1.807) is 24.0 Å². The third kappa shape index (κ3) is 3.41. The molecule has 1 amide bonds. The molecule has 1 aliphatic heterocycles. The molecule has 114 valence electrons. The standard InChI is InChI=1S/C14H17BrN2O4/c1-9-3-4-11(5-13(9)17(19)20)14(18)16-7-12(6-15)21-8-10(16)2/h3-5,10,12H,6-8H2,1-2H3. The zero-order valence-electron chi connectivity index (χ0n) is 11.9. The lowest BCUT2D eigenvalue weighted by molar-refractivity contribution is -0.385. The van der Waals surface area contributed by atoms with Crippen molar-refractivity contribution >= 4 is 27.5 Å². The highest BCUT2D eigenvalue weighted by Crippen LogP contribution is 2.22. The van der Waals surface area contributed by atoms with Crippen LogP contribution in [0.5, 0.6) is 0 Å². The Labute approximate surface area is 131 Å². The number of hydrogen-bond acceptors (Lipinski definition) is 4. The number of amides is 1. The molecular weight excluding hydrogens is 340 g/mol. The van der Waals surface area contributed by atoms with Crippen molar-refractivity contribution in [3.63, 3.8) is 0 Å². The summed E-state index contributed by atoms with van der Waals surface area (Å²) in [4.78, 5) is 24.8. The molecule has 0 aliphatic carbocycles.